The first kappa shape index (κ1) is 19.8. The first-order valence-electron chi connectivity index (χ1n) is 8.65. The number of likely N-dealkylation sites (N-methyl/N-ethyl adjacent to an activating group) is 1. The maximum Gasteiger partial charge on any atom is 0.224 e. The van der Waals surface area contributed by atoms with E-state index in [1.807, 2.05) is 63.5 Å². The molecular formula is C21H28N2O3. The number of benzene rings is 2. The summed E-state index contributed by atoms with van der Waals surface area (Å²) in [5.41, 5.74) is 3.13. The van der Waals surface area contributed by atoms with Crippen LogP contribution in [0.15, 0.2) is 42.5 Å². The van der Waals surface area contributed by atoms with Gasteiger partial charge in [0.15, 0.2) is 0 Å². The molecule has 0 aliphatic rings. The van der Waals surface area contributed by atoms with Crippen molar-refractivity contribution in [3.05, 3.63) is 59.2 Å². The van der Waals surface area contributed by atoms with Gasteiger partial charge in [-0.25, -0.2) is 0 Å². The van der Waals surface area contributed by atoms with Crippen molar-refractivity contribution in [2.75, 3.05) is 34.9 Å². The Morgan fingerprint density at radius 2 is 1.77 bits per heavy atom. The third kappa shape index (κ3) is 5.23. The van der Waals surface area contributed by atoms with Gasteiger partial charge >= 0.3 is 0 Å². The predicted octanol–water partition coefficient (Wildman–Crippen LogP) is 2.97. The van der Waals surface area contributed by atoms with Gasteiger partial charge in [-0.1, -0.05) is 24.3 Å². The van der Waals surface area contributed by atoms with E-state index >= 15 is 0 Å². The highest BCUT2D eigenvalue weighted by atomic mass is 16.5. The van der Waals surface area contributed by atoms with Crippen molar-refractivity contribution in [3.63, 3.8) is 0 Å². The molecule has 0 aromatic heterocycles. The average Bonchev–Trinajstić information content (AvgIpc) is 2.63. The smallest absolute Gasteiger partial charge is 0.224 e. The Hall–Kier alpha value is -2.53. The molecule has 1 N–H and O–H groups in total. The first-order valence-corrected chi connectivity index (χ1v) is 8.65. The summed E-state index contributed by atoms with van der Waals surface area (Å²) < 4.78 is 10.5. The molecular weight excluding hydrogens is 328 g/mol. The van der Waals surface area contributed by atoms with Crippen molar-refractivity contribution in [1.29, 1.82) is 0 Å². The molecule has 5 heteroatoms. The number of nitrogens with one attached hydrogen (secondary N) is 1. The van der Waals surface area contributed by atoms with Crippen LogP contribution in [0.4, 0.5) is 0 Å². The highest BCUT2D eigenvalue weighted by Gasteiger charge is 2.16. The van der Waals surface area contributed by atoms with Crippen molar-refractivity contribution >= 4 is 5.91 Å². The van der Waals surface area contributed by atoms with Gasteiger partial charge in [0.2, 0.25) is 5.91 Å². The zero-order valence-electron chi connectivity index (χ0n) is 16.2. The van der Waals surface area contributed by atoms with Gasteiger partial charge in [0.1, 0.15) is 11.5 Å². The average molecular weight is 356 g/mol. The lowest BCUT2D eigenvalue weighted by molar-refractivity contribution is -0.120. The Morgan fingerprint density at radius 3 is 2.35 bits per heavy atom. The Morgan fingerprint density at radius 1 is 1.08 bits per heavy atom. The third-order valence-electron chi connectivity index (χ3n) is 4.45. The first-order chi connectivity index (χ1) is 12.4. The van der Waals surface area contributed by atoms with Crippen LogP contribution in [0, 0.1) is 6.92 Å². The molecule has 0 heterocycles. The van der Waals surface area contributed by atoms with Gasteiger partial charge in [-0.3, -0.25) is 4.79 Å². The minimum Gasteiger partial charge on any atom is -0.497 e. The second-order valence-electron chi connectivity index (χ2n) is 6.54. The van der Waals surface area contributed by atoms with Crippen molar-refractivity contribution in [3.8, 4) is 11.5 Å². The van der Waals surface area contributed by atoms with Crippen molar-refractivity contribution in [1.82, 2.24) is 10.2 Å². The normalized spacial score (nSPS) is 11.9. The maximum absolute atomic E-state index is 12.4. The molecule has 1 amide bonds. The van der Waals surface area contributed by atoms with Crippen LogP contribution < -0.4 is 14.8 Å². The Labute approximate surface area is 155 Å². The molecule has 0 bridgehead atoms. The van der Waals surface area contributed by atoms with Crippen molar-refractivity contribution in [2.24, 2.45) is 0 Å². The number of ether oxygens (including phenoxy) is 2. The summed E-state index contributed by atoms with van der Waals surface area (Å²) in [6.45, 7) is 2.53. The van der Waals surface area contributed by atoms with Crippen LogP contribution in [-0.4, -0.2) is 45.7 Å². The molecule has 0 aliphatic heterocycles. The third-order valence-corrected chi connectivity index (χ3v) is 4.45. The van der Waals surface area contributed by atoms with Crippen molar-refractivity contribution < 1.29 is 14.3 Å². The maximum atomic E-state index is 12.4. The molecule has 0 fully saturated rings. The molecule has 2 aromatic rings. The lowest BCUT2D eigenvalue weighted by Crippen LogP contribution is -2.35. The topological polar surface area (TPSA) is 50.8 Å². The monoisotopic (exact) mass is 356 g/mol. The highest BCUT2D eigenvalue weighted by Crippen LogP contribution is 2.21. The summed E-state index contributed by atoms with van der Waals surface area (Å²) in [7, 11) is 7.30. The lowest BCUT2D eigenvalue weighted by Gasteiger charge is -2.25. The van der Waals surface area contributed by atoms with Gasteiger partial charge in [0, 0.05) is 6.54 Å². The number of rotatable bonds is 8. The van der Waals surface area contributed by atoms with E-state index in [0.717, 1.165) is 28.2 Å². The van der Waals surface area contributed by atoms with Crippen LogP contribution in [0.3, 0.4) is 0 Å². The van der Waals surface area contributed by atoms with Gasteiger partial charge in [-0.2, -0.15) is 0 Å². The van der Waals surface area contributed by atoms with E-state index in [9.17, 15) is 4.79 Å². The lowest BCUT2D eigenvalue weighted by atomic mass is 10.1. The minimum absolute atomic E-state index is 0.00346. The SMILES string of the molecule is COc1ccc(C(CNC(=O)Cc2ccc(C)c(OC)c2)N(C)C)cc1. The number of methoxy groups -OCH3 is 2. The summed E-state index contributed by atoms with van der Waals surface area (Å²) in [6, 6.07) is 13.9. The Balaban J connectivity index is 1.98. The fraction of sp³-hybridized carbons (Fsp3) is 0.381. The van der Waals surface area contributed by atoms with Crippen LogP contribution >= 0.6 is 0 Å². The summed E-state index contributed by atoms with van der Waals surface area (Å²) in [6.07, 6.45) is 0.333. The van der Waals surface area contributed by atoms with Gasteiger partial charge in [0.05, 0.1) is 26.7 Å². The largest absolute Gasteiger partial charge is 0.497 e. The number of aryl methyl sites for hydroxylation is 1. The predicted molar refractivity (Wildman–Crippen MR) is 104 cm³/mol. The van der Waals surface area contributed by atoms with Crippen LogP contribution in [0.2, 0.25) is 0 Å². The summed E-state index contributed by atoms with van der Waals surface area (Å²) >= 11 is 0. The van der Waals surface area contributed by atoms with E-state index in [4.69, 9.17) is 9.47 Å². The van der Waals surface area contributed by atoms with Crippen LogP contribution in [0.1, 0.15) is 22.7 Å². The van der Waals surface area contributed by atoms with Gasteiger partial charge in [-0.15, -0.1) is 0 Å². The van der Waals surface area contributed by atoms with Gasteiger partial charge < -0.3 is 19.7 Å². The number of hydrogen-bond acceptors (Lipinski definition) is 4. The van der Waals surface area contributed by atoms with Crippen molar-refractivity contribution in [2.45, 2.75) is 19.4 Å². The summed E-state index contributed by atoms with van der Waals surface area (Å²) in [5.74, 6) is 1.62. The highest BCUT2D eigenvalue weighted by molar-refractivity contribution is 5.78. The molecule has 0 saturated carbocycles. The zero-order valence-corrected chi connectivity index (χ0v) is 16.2. The molecule has 0 spiro atoms. The number of hydrogen-bond donors (Lipinski definition) is 1. The van der Waals surface area contributed by atoms with E-state index in [2.05, 4.69) is 10.2 Å². The summed E-state index contributed by atoms with van der Waals surface area (Å²) in [4.78, 5) is 14.5. The molecule has 26 heavy (non-hydrogen) atoms. The Bertz CT molecular complexity index is 727. The van der Waals surface area contributed by atoms with E-state index in [-0.39, 0.29) is 11.9 Å². The fourth-order valence-electron chi connectivity index (χ4n) is 2.86. The van der Waals surface area contributed by atoms with Crippen LogP contribution in [-0.2, 0) is 11.2 Å². The van der Waals surface area contributed by atoms with Gasteiger partial charge in [0.25, 0.3) is 0 Å². The summed E-state index contributed by atoms with van der Waals surface area (Å²) in [5, 5.41) is 3.04. The van der Waals surface area contributed by atoms with Gasteiger partial charge in [-0.05, 0) is 55.9 Å². The molecule has 0 radical (unpaired) electrons. The fourth-order valence-corrected chi connectivity index (χ4v) is 2.86. The zero-order chi connectivity index (χ0) is 19.1. The van der Waals surface area contributed by atoms with E-state index in [1.165, 1.54) is 0 Å². The van der Waals surface area contributed by atoms with E-state index in [1.54, 1.807) is 14.2 Å². The number of amides is 1. The molecule has 0 saturated heterocycles. The van der Waals surface area contributed by atoms with E-state index < -0.39 is 0 Å². The van der Waals surface area contributed by atoms with Crippen LogP contribution in [0.25, 0.3) is 0 Å². The molecule has 2 rings (SSSR count). The number of carbonyl (C=O) groups is 1. The quantitative estimate of drug-likeness (QED) is 0.790. The van der Waals surface area contributed by atoms with E-state index in [0.29, 0.717) is 13.0 Å². The Kier molecular flexibility index (Phi) is 7.04. The second-order valence-corrected chi connectivity index (χ2v) is 6.54. The molecule has 1 atom stereocenters. The van der Waals surface area contributed by atoms with Crippen LogP contribution in [0.5, 0.6) is 11.5 Å². The number of carbonyl (C=O) groups excluding carboxylic acids is 1. The second kappa shape index (κ2) is 9.25. The molecule has 0 aliphatic carbocycles. The molecule has 2 aromatic carbocycles. The molecule has 5 nitrogen and oxygen atoms in total. The molecule has 140 valence electrons. The number of nitrogens with zero attached hydrogens (tertiary/aromatic N) is 1. The minimum atomic E-state index is -0.00346. The molecule has 1 unspecified atom stereocenters. The standard InChI is InChI=1S/C21H28N2O3/c1-15-6-7-16(12-20(15)26-5)13-21(24)22-14-19(23(2)3)17-8-10-18(25-4)11-9-17/h6-12,19H,13-14H2,1-5H3,(H,22,24).